The summed E-state index contributed by atoms with van der Waals surface area (Å²) < 4.78 is 33.5. The van der Waals surface area contributed by atoms with Crippen molar-refractivity contribution in [3.05, 3.63) is 58.1 Å². The van der Waals surface area contributed by atoms with Gasteiger partial charge in [-0.15, -0.1) is 0 Å². The molecule has 0 radical (unpaired) electrons. The molecule has 9 heteroatoms. The van der Waals surface area contributed by atoms with Gasteiger partial charge < -0.3 is 14.7 Å². The molecule has 3 atom stereocenters. The van der Waals surface area contributed by atoms with Crippen molar-refractivity contribution in [2.45, 2.75) is 57.7 Å². The summed E-state index contributed by atoms with van der Waals surface area (Å²) in [6.45, 7) is 1.91. The van der Waals surface area contributed by atoms with Gasteiger partial charge in [-0.1, -0.05) is 17.7 Å². The lowest BCUT2D eigenvalue weighted by molar-refractivity contribution is 0.0106. The standard InChI is InChI=1S/C27H33ClN2O5S/c28-22-9-6-21-17-35-26-11-8-19-15-24(26)30(12-2-1-4-18(21)14-22)16-20-7-10-23(20)25(31)5-3-13-36(33,34)29-27(19)32/h6,8-9,11,14-15,20,23,25,31H,1-5,7,10,12-13,16-17H2,(H,29,32)/t20-,23+,25-/m0/s1. The summed E-state index contributed by atoms with van der Waals surface area (Å²) in [6.07, 6.45) is 4.99. The molecular weight excluding hydrogens is 500 g/mol. The van der Waals surface area contributed by atoms with E-state index in [4.69, 9.17) is 16.3 Å². The van der Waals surface area contributed by atoms with Crippen LogP contribution in [0.5, 0.6) is 5.75 Å². The molecule has 0 saturated heterocycles. The Bertz CT molecular complexity index is 1230. The molecule has 2 bridgehead atoms. The van der Waals surface area contributed by atoms with Crippen LogP contribution < -0.4 is 14.4 Å². The number of sulfonamides is 1. The van der Waals surface area contributed by atoms with Crippen molar-refractivity contribution in [1.82, 2.24) is 4.72 Å². The number of ether oxygens (including phenoxy) is 1. The fourth-order valence-electron chi connectivity index (χ4n) is 5.64. The summed E-state index contributed by atoms with van der Waals surface area (Å²) in [6, 6.07) is 11.0. The van der Waals surface area contributed by atoms with Gasteiger partial charge in [0.1, 0.15) is 12.4 Å². The first kappa shape index (κ1) is 25.4. The molecule has 1 fully saturated rings. The first-order chi connectivity index (χ1) is 17.3. The summed E-state index contributed by atoms with van der Waals surface area (Å²) >= 11 is 6.26. The first-order valence-electron chi connectivity index (χ1n) is 12.8. The Kier molecular flexibility index (Phi) is 7.47. The van der Waals surface area contributed by atoms with Crippen LogP contribution in [0.2, 0.25) is 5.02 Å². The molecule has 2 aliphatic heterocycles. The molecule has 2 aromatic carbocycles. The number of carbonyl (C=O) groups is 1. The Labute approximate surface area is 217 Å². The SMILES string of the molecule is O=C1NS(=O)(=O)CCC[C@H](O)[C@@H]2CC[C@H]2CN2CCCCc3cc(Cl)ccc3COc3ccc1cc32. The van der Waals surface area contributed by atoms with Gasteiger partial charge in [0, 0.05) is 23.7 Å². The highest BCUT2D eigenvalue weighted by atomic mass is 35.5. The molecule has 194 valence electrons. The fraction of sp³-hybridized carbons (Fsp3) is 0.519. The zero-order valence-corrected chi connectivity index (χ0v) is 21.9. The van der Waals surface area contributed by atoms with E-state index >= 15 is 0 Å². The number of amides is 1. The molecular formula is C27H33ClN2O5S. The Morgan fingerprint density at radius 1 is 1.03 bits per heavy atom. The molecule has 7 nitrogen and oxygen atoms in total. The summed E-state index contributed by atoms with van der Waals surface area (Å²) in [5, 5.41) is 11.5. The highest BCUT2D eigenvalue weighted by molar-refractivity contribution is 7.90. The summed E-state index contributed by atoms with van der Waals surface area (Å²) in [7, 11) is -3.79. The molecule has 3 aliphatic rings. The predicted molar refractivity (Wildman–Crippen MR) is 140 cm³/mol. The molecule has 1 aliphatic carbocycles. The van der Waals surface area contributed by atoms with Crippen LogP contribution in [0.4, 0.5) is 5.69 Å². The minimum Gasteiger partial charge on any atom is -0.487 e. The maximum Gasteiger partial charge on any atom is 0.264 e. The second kappa shape index (κ2) is 10.6. The highest BCUT2D eigenvalue weighted by Crippen LogP contribution is 2.41. The minimum atomic E-state index is -3.79. The van der Waals surface area contributed by atoms with Gasteiger partial charge >= 0.3 is 0 Å². The van der Waals surface area contributed by atoms with Crippen molar-refractivity contribution >= 4 is 33.2 Å². The first-order valence-corrected chi connectivity index (χ1v) is 14.8. The van der Waals surface area contributed by atoms with Crippen LogP contribution in [0, 0.1) is 11.8 Å². The quantitative estimate of drug-likeness (QED) is 0.525. The van der Waals surface area contributed by atoms with Crippen molar-refractivity contribution in [2.75, 3.05) is 23.7 Å². The number of aliphatic hydroxyl groups is 1. The largest absolute Gasteiger partial charge is 0.487 e. The van der Waals surface area contributed by atoms with E-state index in [0.717, 1.165) is 56.4 Å². The maximum atomic E-state index is 12.9. The van der Waals surface area contributed by atoms with E-state index in [2.05, 4.69) is 9.62 Å². The molecule has 36 heavy (non-hydrogen) atoms. The molecule has 0 unspecified atom stereocenters. The van der Waals surface area contributed by atoms with E-state index in [0.29, 0.717) is 36.1 Å². The van der Waals surface area contributed by atoms with Gasteiger partial charge in [0.2, 0.25) is 10.0 Å². The van der Waals surface area contributed by atoms with Crippen molar-refractivity contribution in [2.24, 2.45) is 11.8 Å². The van der Waals surface area contributed by atoms with Crippen molar-refractivity contribution in [3.8, 4) is 5.75 Å². The van der Waals surface area contributed by atoms with Crippen LogP contribution in [0.15, 0.2) is 36.4 Å². The number of nitrogens with zero attached hydrogens (tertiary/aromatic N) is 1. The van der Waals surface area contributed by atoms with Gasteiger partial charge in [-0.3, -0.25) is 4.79 Å². The van der Waals surface area contributed by atoms with Gasteiger partial charge in [0.25, 0.3) is 5.91 Å². The van der Waals surface area contributed by atoms with Crippen molar-refractivity contribution < 1.29 is 23.1 Å². The third-order valence-corrected chi connectivity index (χ3v) is 9.38. The third kappa shape index (κ3) is 5.66. The molecule has 1 amide bonds. The maximum absolute atomic E-state index is 12.9. The average Bonchev–Trinajstić information content (AvgIpc) is 2.84. The Morgan fingerprint density at radius 3 is 2.69 bits per heavy atom. The lowest BCUT2D eigenvalue weighted by Gasteiger charge is -2.43. The predicted octanol–water partition coefficient (Wildman–Crippen LogP) is 4.30. The molecule has 2 heterocycles. The second-order valence-electron chi connectivity index (χ2n) is 10.2. The summed E-state index contributed by atoms with van der Waals surface area (Å²) in [5.41, 5.74) is 3.33. The Morgan fingerprint density at radius 2 is 1.89 bits per heavy atom. The van der Waals surface area contributed by atoms with E-state index < -0.39 is 22.0 Å². The summed E-state index contributed by atoms with van der Waals surface area (Å²) in [4.78, 5) is 15.2. The number of benzene rings is 2. The van der Waals surface area contributed by atoms with E-state index in [1.807, 2.05) is 18.2 Å². The molecule has 2 aromatic rings. The van der Waals surface area contributed by atoms with Gasteiger partial charge in [-0.25, -0.2) is 13.1 Å². The zero-order valence-electron chi connectivity index (χ0n) is 20.3. The lowest BCUT2D eigenvalue weighted by Crippen LogP contribution is -2.44. The molecule has 0 aromatic heterocycles. The summed E-state index contributed by atoms with van der Waals surface area (Å²) in [5.74, 6) is 0.289. The van der Waals surface area contributed by atoms with Crippen LogP contribution in [0.1, 0.15) is 60.0 Å². The molecule has 1 saturated carbocycles. The number of fused-ring (bicyclic) bond motifs is 3. The number of hydrogen-bond acceptors (Lipinski definition) is 6. The number of carbonyl (C=O) groups excluding carboxylic acids is 1. The topological polar surface area (TPSA) is 95.9 Å². The molecule has 0 spiro atoms. The molecule has 5 rings (SSSR count). The monoisotopic (exact) mass is 532 g/mol. The molecule has 2 N–H and O–H groups in total. The third-order valence-electron chi connectivity index (χ3n) is 7.82. The highest BCUT2D eigenvalue weighted by Gasteiger charge is 2.37. The van der Waals surface area contributed by atoms with Gasteiger partial charge in [0.05, 0.1) is 17.5 Å². The number of aliphatic hydroxyl groups excluding tert-OH is 1. The van der Waals surface area contributed by atoms with E-state index in [-0.39, 0.29) is 17.2 Å². The second-order valence-corrected chi connectivity index (χ2v) is 12.5. The van der Waals surface area contributed by atoms with E-state index in [9.17, 15) is 18.3 Å². The van der Waals surface area contributed by atoms with Crippen LogP contribution in [-0.4, -0.2) is 44.4 Å². The van der Waals surface area contributed by atoms with E-state index in [1.54, 1.807) is 18.2 Å². The normalized spacial score (nSPS) is 26.6. The van der Waals surface area contributed by atoms with Crippen molar-refractivity contribution in [3.63, 3.8) is 0 Å². The number of rotatable bonds is 0. The van der Waals surface area contributed by atoms with Gasteiger partial charge in [0.15, 0.2) is 0 Å². The van der Waals surface area contributed by atoms with Gasteiger partial charge in [-0.2, -0.15) is 0 Å². The Hall–Kier alpha value is -2.29. The van der Waals surface area contributed by atoms with Crippen LogP contribution in [0.3, 0.4) is 0 Å². The van der Waals surface area contributed by atoms with Crippen LogP contribution >= 0.6 is 11.6 Å². The smallest absolute Gasteiger partial charge is 0.264 e. The number of aryl methyl sites for hydroxylation is 1. The zero-order chi connectivity index (χ0) is 25.3. The van der Waals surface area contributed by atoms with Crippen LogP contribution in [0.25, 0.3) is 0 Å². The van der Waals surface area contributed by atoms with E-state index in [1.165, 1.54) is 5.56 Å². The number of nitrogens with one attached hydrogen (secondary N) is 1. The number of anilines is 1. The Balaban J connectivity index is 1.53. The van der Waals surface area contributed by atoms with Gasteiger partial charge in [-0.05, 0) is 98.2 Å². The number of hydrogen-bond donors (Lipinski definition) is 2. The number of halogens is 1. The minimum absolute atomic E-state index is 0.155. The van der Waals surface area contributed by atoms with Crippen molar-refractivity contribution in [1.29, 1.82) is 0 Å². The lowest BCUT2D eigenvalue weighted by atomic mass is 9.69. The van der Waals surface area contributed by atoms with Crippen LogP contribution in [-0.2, 0) is 23.1 Å². The average molecular weight is 533 g/mol. The fourth-order valence-corrected chi connectivity index (χ4v) is 6.88.